The highest BCUT2D eigenvalue weighted by atomic mass is 16.2. The molecule has 2 N–H and O–H groups in total. The molecule has 2 heterocycles. The summed E-state index contributed by atoms with van der Waals surface area (Å²) in [6.45, 7) is 12.3. The summed E-state index contributed by atoms with van der Waals surface area (Å²) in [6.07, 6.45) is 3.16. The van der Waals surface area contributed by atoms with E-state index in [2.05, 4.69) is 46.4 Å². The number of imidazole rings is 1. The lowest BCUT2D eigenvalue weighted by atomic mass is 9.87. The fourth-order valence-electron chi connectivity index (χ4n) is 2.92. The van der Waals surface area contributed by atoms with Gasteiger partial charge >= 0.3 is 6.03 Å². The minimum atomic E-state index is -0.342. The lowest BCUT2D eigenvalue weighted by molar-refractivity contribution is 0.262. The van der Waals surface area contributed by atoms with E-state index < -0.39 is 0 Å². The van der Waals surface area contributed by atoms with Gasteiger partial charge in [-0.25, -0.2) is 19.7 Å². The van der Waals surface area contributed by atoms with E-state index in [1.807, 2.05) is 49.6 Å². The number of hydrogen-bond acceptors (Lipinski definition) is 4. The van der Waals surface area contributed by atoms with Crippen LogP contribution in [0.3, 0.4) is 0 Å². The molecule has 0 saturated heterocycles. The summed E-state index contributed by atoms with van der Waals surface area (Å²) >= 11 is 0. The second-order valence-corrected chi connectivity index (χ2v) is 7.84. The highest BCUT2D eigenvalue weighted by Crippen LogP contribution is 2.23. The monoisotopic (exact) mass is 378 g/mol. The van der Waals surface area contributed by atoms with Crippen molar-refractivity contribution in [3.8, 4) is 5.95 Å². The molecule has 0 atom stereocenters. The van der Waals surface area contributed by atoms with E-state index in [0.29, 0.717) is 11.6 Å². The summed E-state index contributed by atoms with van der Waals surface area (Å²) in [5.74, 6) is 1.35. The van der Waals surface area contributed by atoms with Crippen LogP contribution in [0.5, 0.6) is 0 Å². The largest absolute Gasteiger partial charge is 0.323 e. The van der Waals surface area contributed by atoms with Crippen molar-refractivity contribution >= 4 is 17.4 Å². The fourth-order valence-corrected chi connectivity index (χ4v) is 2.92. The van der Waals surface area contributed by atoms with Crippen LogP contribution in [0.4, 0.5) is 16.2 Å². The fraction of sp³-hybridized carbons (Fsp3) is 0.333. The normalized spacial score (nSPS) is 11.4. The van der Waals surface area contributed by atoms with Gasteiger partial charge in [-0.15, -0.1) is 0 Å². The van der Waals surface area contributed by atoms with Crippen molar-refractivity contribution in [3.05, 3.63) is 59.4 Å². The molecule has 1 aromatic carbocycles. The van der Waals surface area contributed by atoms with Crippen LogP contribution < -0.4 is 10.6 Å². The third-order valence-corrected chi connectivity index (χ3v) is 4.62. The van der Waals surface area contributed by atoms with E-state index >= 15 is 0 Å². The van der Waals surface area contributed by atoms with Gasteiger partial charge in [-0.2, -0.15) is 0 Å². The van der Waals surface area contributed by atoms with Crippen LogP contribution in [-0.2, 0) is 5.41 Å². The van der Waals surface area contributed by atoms with Crippen molar-refractivity contribution < 1.29 is 4.79 Å². The van der Waals surface area contributed by atoms with E-state index in [4.69, 9.17) is 0 Å². The van der Waals surface area contributed by atoms with Gasteiger partial charge in [-0.05, 0) is 43.9 Å². The van der Waals surface area contributed by atoms with Gasteiger partial charge < -0.3 is 10.6 Å². The van der Waals surface area contributed by atoms with Gasteiger partial charge in [0.05, 0.1) is 23.8 Å². The van der Waals surface area contributed by atoms with Crippen molar-refractivity contribution in [1.82, 2.24) is 19.5 Å². The number of amides is 2. The third kappa shape index (κ3) is 4.19. The zero-order valence-corrected chi connectivity index (χ0v) is 17.2. The van der Waals surface area contributed by atoms with Crippen molar-refractivity contribution in [2.75, 3.05) is 10.6 Å². The van der Waals surface area contributed by atoms with Crippen LogP contribution in [0.1, 0.15) is 43.5 Å². The van der Waals surface area contributed by atoms with Crippen LogP contribution in [0, 0.1) is 20.8 Å². The van der Waals surface area contributed by atoms with E-state index in [-0.39, 0.29) is 11.4 Å². The van der Waals surface area contributed by atoms with Crippen LogP contribution in [0.2, 0.25) is 0 Å². The quantitative estimate of drug-likeness (QED) is 0.701. The number of aromatic nitrogens is 4. The Morgan fingerprint density at radius 1 is 0.929 bits per heavy atom. The highest BCUT2D eigenvalue weighted by molar-refractivity contribution is 5.99. The standard InChI is InChI=1S/C21H26N6O/c1-13-14(2)27(15(3)24-13)19-22-11-18(12-23-19)26-20(28)25-17-9-7-16(8-10-17)21(4,5)6/h7-12H,1-6H3,(H2,25,26,28). The maximum atomic E-state index is 12.2. The second-order valence-electron chi connectivity index (χ2n) is 7.84. The first-order chi connectivity index (χ1) is 13.1. The molecule has 0 bridgehead atoms. The molecule has 146 valence electrons. The van der Waals surface area contributed by atoms with E-state index in [1.165, 1.54) is 5.56 Å². The molecular weight excluding hydrogens is 352 g/mol. The molecule has 0 spiro atoms. The Morgan fingerprint density at radius 2 is 1.50 bits per heavy atom. The average molecular weight is 378 g/mol. The number of nitrogens with one attached hydrogen (secondary N) is 2. The molecule has 0 aliphatic heterocycles. The third-order valence-electron chi connectivity index (χ3n) is 4.62. The van der Waals surface area contributed by atoms with Gasteiger partial charge in [0.1, 0.15) is 5.82 Å². The van der Waals surface area contributed by atoms with Crippen LogP contribution in [0.15, 0.2) is 36.7 Å². The number of carbonyl (C=O) groups is 1. The lowest BCUT2D eigenvalue weighted by Crippen LogP contribution is -2.20. The lowest BCUT2D eigenvalue weighted by Gasteiger charge is -2.19. The summed E-state index contributed by atoms with van der Waals surface area (Å²) in [5.41, 5.74) is 4.46. The summed E-state index contributed by atoms with van der Waals surface area (Å²) in [7, 11) is 0. The molecule has 7 heteroatoms. The molecular formula is C21H26N6O. The van der Waals surface area contributed by atoms with Gasteiger partial charge in [-0.3, -0.25) is 4.57 Å². The predicted molar refractivity (Wildman–Crippen MR) is 111 cm³/mol. The zero-order chi connectivity index (χ0) is 20.5. The van der Waals surface area contributed by atoms with E-state index in [1.54, 1.807) is 12.4 Å². The molecule has 0 radical (unpaired) electrons. The minimum Gasteiger partial charge on any atom is -0.308 e. The maximum absolute atomic E-state index is 12.2. The maximum Gasteiger partial charge on any atom is 0.323 e. The van der Waals surface area contributed by atoms with Crippen LogP contribution in [-0.4, -0.2) is 25.6 Å². The second kappa shape index (κ2) is 7.42. The van der Waals surface area contributed by atoms with Gasteiger partial charge in [0.15, 0.2) is 0 Å². The number of nitrogens with zero attached hydrogens (tertiary/aromatic N) is 4. The highest BCUT2D eigenvalue weighted by Gasteiger charge is 2.14. The summed E-state index contributed by atoms with van der Waals surface area (Å²) in [5, 5.41) is 5.56. The van der Waals surface area contributed by atoms with Crippen molar-refractivity contribution in [2.45, 2.75) is 47.0 Å². The van der Waals surface area contributed by atoms with Gasteiger partial charge in [0.25, 0.3) is 0 Å². The molecule has 2 aromatic heterocycles. The molecule has 0 unspecified atom stereocenters. The first-order valence-electron chi connectivity index (χ1n) is 9.18. The Kier molecular flexibility index (Phi) is 5.18. The first kappa shape index (κ1) is 19.5. The number of benzene rings is 1. The Bertz CT molecular complexity index is 981. The molecule has 3 rings (SSSR count). The molecule has 28 heavy (non-hydrogen) atoms. The van der Waals surface area contributed by atoms with E-state index in [9.17, 15) is 4.79 Å². The molecule has 0 aliphatic carbocycles. The van der Waals surface area contributed by atoms with Crippen LogP contribution in [0.25, 0.3) is 5.95 Å². The van der Waals surface area contributed by atoms with Crippen LogP contribution >= 0.6 is 0 Å². The predicted octanol–water partition coefficient (Wildman–Crippen LogP) is 4.53. The zero-order valence-electron chi connectivity index (χ0n) is 17.2. The number of urea groups is 1. The minimum absolute atomic E-state index is 0.0738. The molecule has 0 saturated carbocycles. The average Bonchev–Trinajstić information content (AvgIpc) is 2.87. The van der Waals surface area contributed by atoms with Crippen molar-refractivity contribution in [2.24, 2.45) is 0 Å². The summed E-state index contributed by atoms with van der Waals surface area (Å²) < 4.78 is 1.88. The molecule has 7 nitrogen and oxygen atoms in total. The Hall–Kier alpha value is -3.22. The number of anilines is 2. The van der Waals surface area contributed by atoms with Gasteiger partial charge in [-0.1, -0.05) is 32.9 Å². The SMILES string of the molecule is Cc1nc(C)n(-c2ncc(NC(=O)Nc3ccc(C(C)(C)C)cc3)cn2)c1C. The Balaban J connectivity index is 1.66. The Labute approximate surface area is 165 Å². The number of aryl methyl sites for hydroxylation is 2. The topological polar surface area (TPSA) is 84.7 Å². The number of hydrogen-bond donors (Lipinski definition) is 2. The van der Waals surface area contributed by atoms with Gasteiger partial charge in [0.2, 0.25) is 5.95 Å². The van der Waals surface area contributed by atoms with Crippen molar-refractivity contribution in [3.63, 3.8) is 0 Å². The molecule has 3 aromatic rings. The summed E-state index contributed by atoms with van der Waals surface area (Å²) in [6, 6.07) is 7.49. The number of rotatable bonds is 3. The first-order valence-corrected chi connectivity index (χ1v) is 9.18. The van der Waals surface area contributed by atoms with Crippen molar-refractivity contribution in [1.29, 1.82) is 0 Å². The summed E-state index contributed by atoms with van der Waals surface area (Å²) in [4.78, 5) is 25.4. The van der Waals surface area contributed by atoms with Gasteiger partial charge in [0, 0.05) is 11.4 Å². The van der Waals surface area contributed by atoms with E-state index in [0.717, 1.165) is 22.9 Å². The molecule has 0 fully saturated rings. The Morgan fingerprint density at radius 3 is 2.00 bits per heavy atom. The molecule has 2 amide bonds. The number of carbonyl (C=O) groups excluding carboxylic acids is 1. The smallest absolute Gasteiger partial charge is 0.308 e. The molecule has 0 aliphatic rings.